The summed E-state index contributed by atoms with van der Waals surface area (Å²) in [7, 11) is 0. The first-order chi connectivity index (χ1) is 13.3. The predicted molar refractivity (Wildman–Crippen MR) is 93.8 cm³/mol. The van der Waals surface area contributed by atoms with Gasteiger partial charge in [0.05, 0.1) is 5.92 Å². The number of Topliss-reactive ketones (excluding diaryl/α,β-unsaturated/α-hetero) is 1. The number of nitrogens with two attached hydrogens (primary N) is 1. The van der Waals surface area contributed by atoms with Gasteiger partial charge in [-0.25, -0.2) is 13.2 Å². The van der Waals surface area contributed by atoms with E-state index in [2.05, 4.69) is 5.32 Å². The van der Waals surface area contributed by atoms with Crippen LogP contribution in [0.15, 0.2) is 36.4 Å². The summed E-state index contributed by atoms with van der Waals surface area (Å²) in [6, 6.07) is 7.00. The van der Waals surface area contributed by atoms with Crippen molar-refractivity contribution < 1.29 is 27.6 Å². The van der Waals surface area contributed by atoms with Gasteiger partial charge >= 0.3 is 0 Å². The Bertz CT molecular complexity index is 921. The SMILES string of the molecule is NC(=O)c1cc(F)c([C@@H]2CNC(=O)[C@H]2CC(=O)Cc2ccc(F)cc2)c(F)c1. The number of carbonyl (C=O) groups excluding carboxylic acids is 3. The molecule has 1 aliphatic heterocycles. The smallest absolute Gasteiger partial charge is 0.248 e. The number of hydrogen-bond donors (Lipinski definition) is 2. The third-order valence-corrected chi connectivity index (χ3v) is 4.82. The minimum absolute atomic E-state index is 0.0254. The molecule has 0 aromatic heterocycles. The molecular weight excluding hydrogens is 373 g/mol. The van der Waals surface area contributed by atoms with Crippen molar-refractivity contribution in [3.63, 3.8) is 0 Å². The van der Waals surface area contributed by atoms with Crippen molar-refractivity contribution in [2.24, 2.45) is 11.7 Å². The van der Waals surface area contributed by atoms with E-state index in [-0.39, 0.29) is 36.3 Å². The molecule has 3 N–H and O–H groups in total. The Morgan fingerprint density at radius 1 is 1.07 bits per heavy atom. The average Bonchev–Trinajstić information content (AvgIpc) is 2.97. The number of primary amides is 1. The maximum Gasteiger partial charge on any atom is 0.248 e. The molecule has 5 nitrogen and oxygen atoms in total. The van der Waals surface area contributed by atoms with E-state index in [1.165, 1.54) is 24.3 Å². The van der Waals surface area contributed by atoms with Crippen molar-refractivity contribution in [1.29, 1.82) is 0 Å². The van der Waals surface area contributed by atoms with Gasteiger partial charge in [0.2, 0.25) is 11.8 Å². The molecule has 2 aromatic carbocycles. The first kappa shape index (κ1) is 19.6. The fourth-order valence-electron chi connectivity index (χ4n) is 3.43. The molecule has 1 fully saturated rings. The first-order valence-electron chi connectivity index (χ1n) is 8.59. The van der Waals surface area contributed by atoms with Gasteiger partial charge in [-0.1, -0.05) is 12.1 Å². The van der Waals surface area contributed by atoms with Gasteiger partial charge in [0.15, 0.2) is 0 Å². The number of hydrogen-bond acceptors (Lipinski definition) is 3. The molecule has 1 aliphatic rings. The van der Waals surface area contributed by atoms with E-state index >= 15 is 0 Å². The van der Waals surface area contributed by atoms with E-state index in [1.54, 1.807) is 0 Å². The number of ketones is 1. The van der Waals surface area contributed by atoms with Gasteiger partial charge in [-0.05, 0) is 29.8 Å². The zero-order chi connectivity index (χ0) is 20.4. The maximum atomic E-state index is 14.4. The van der Waals surface area contributed by atoms with Crippen LogP contribution in [0.1, 0.15) is 33.8 Å². The lowest BCUT2D eigenvalue weighted by molar-refractivity contribution is -0.127. The Morgan fingerprint density at radius 3 is 2.25 bits per heavy atom. The van der Waals surface area contributed by atoms with Crippen molar-refractivity contribution in [3.8, 4) is 0 Å². The lowest BCUT2D eigenvalue weighted by atomic mass is 9.83. The summed E-state index contributed by atoms with van der Waals surface area (Å²) >= 11 is 0. The van der Waals surface area contributed by atoms with Gasteiger partial charge in [0, 0.05) is 36.4 Å². The molecule has 2 aromatic rings. The zero-order valence-electron chi connectivity index (χ0n) is 14.7. The molecule has 0 bridgehead atoms. The molecule has 3 rings (SSSR count). The van der Waals surface area contributed by atoms with Crippen LogP contribution in [0, 0.1) is 23.4 Å². The number of halogens is 3. The first-order valence-corrected chi connectivity index (χ1v) is 8.59. The summed E-state index contributed by atoms with van der Waals surface area (Å²) in [6.07, 6.45) is -0.243. The monoisotopic (exact) mass is 390 g/mol. The second kappa shape index (κ2) is 7.84. The van der Waals surface area contributed by atoms with Gasteiger partial charge in [-0.15, -0.1) is 0 Å². The standard InChI is InChI=1S/C20H17F3N2O3/c21-12-3-1-10(2-4-12)5-13(26)8-14-15(9-25-20(14)28)18-16(22)6-11(19(24)27)7-17(18)23/h1-4,6-7,14-15H,5,8-9H2,(H2,24,27)(H,25,28)/t14-,15+/m0/s1. The molecule has 1 saturated heterocycles. The molecule has 0 unspecified atom stereocenters. The Kier molecular flexibility index (Phi) is 5.48. The van der Waals surface area contributed by atoms with E-state index in [1.807, 2.05) is 0 Å². The highest BCUT2D eigenvalue weighted by Gasteiger charge is 2.39. The van der Waals surface area contributed by atoms with Crippen LogP contribution < -0.4 is 11.1 Å². The van der Waals surface area contributed by atoms with E-state index in [4.69, 9.17) is 5.73 Å². The van der Waals surface area contributed by atoms with Crippen molar-refractivity contribution in [3.05, 3.63) is 70.5 Å². The zero-order valence-corrected chi connectivity index (χ0v) is 14.7. The Balaban J connectivity index is 1.81. The van der Waals surface area contributed by atoms with E-state index in [9.17, 15) is 27.6 Å². The third-order valence-electron chi connectivity index (χ3n) is 4.82. The maximum absolute atomic E-state index is 14.4. The number of amides is 2. The molecule has 146 valence electrons. The van der Waals surface area contributed by atoms with Crippen LogP contribution in [-0.4, -0.2) is 24.1 Å². The van der Waals surface area contributed by atoms with Crippen molar-refractivity contribution in [2.75, 3.05) is 6.54 Å². The highest BCUT2D eigenvalue weighted by Crippen LogP contribution is 2.35. The van der Waals surface area contributed by atoms with Crippen LogP contribution in [0.2, 0.25) is 0 Å². The molecule has 0 saturated carbocycles. The molecule has 0 aliphatic carbocycles. The van der Waals surface area contributed by atoms with Gasteiger partial charge in [0.1, 0.15) is 23.2 Å². The summed E-state index contributed by atoms with van der Waals surface area (Å²) in [5.74, 6) is -6.03. The normalized spacial score (nSPS) is 18.8. The number of rotatable bonds is 6. The summed E-state index contributed by atoms with van der Waals surface area (Å²) < 4.78 is 41.8. The summed E-state index contributed by atoms with van der Waals surface area (Å²) in [6.45, 7) is -0.0307. The summed E-state index contributed by atoms with van der Waals surface area (Å²) in [5.41, 5.74) is 4.94. The largest absolute Gasteiger partial charge is 0.366 e. The van der Waals surface area contributed by atoms with Crippen molar-refractivity contribution in [1.82, 2.24) is 5.32 Å². The van der Waals surface area contributed by atoms with Crippen molar-refractivity contribution >= 4 is 17.6 Å². The summed E-state index contributed by atoms with van der Waals surface area (Å²) in [5, 5.41) is 2.52. The van der Waals surface area contributed by atoms with Crippen LogP contribution in [0.3, 0.4) is 0 Å². The van der Waals surface area contributed by atoms with E-state index in [0.717, 1.165) is 12.1 Å². The van der Waals surface area contributed by atoms with Crippen LogP contribution in [0.4, 0.5) is 13.2 Å². The van der Waals surface area contributed by atoms with Crippen LogP contribution in [0.25, 0.3) is 0 Å². The molecule has 28 heavy (non-hydrogen) atoms. The predicted octanol–water partition coefficient (Wildman–Crippen LogP) is 2.23. The highest BCUT2D eigenvalue weighted by atomic mass is 19.1. The molecule has 0 spiro atoms. The van der Waals surface area contributed by atoms with Gasteiger partial charge in [-0.2, -0.15) is 0 Å². The second-order valence-corrected chi connectivity index (χ2v) is 6.72. The van der Waals surface area contributed by atoms with Gasteiger partial charge < -0.3 is 11.1 Å². The Morgan fingerprint density at radius 2 is 1.68 bits per heavy atom. The second-order valence-electron chi connectivity index (χ2n) is 6.72. The van der Waals surface area contributed by atoms with Gasteiger partial charge in [0.25, 0.3) is 0 Å². The quantitative estimate of drug-likeness (QED) is 0.793. The van der Waals surface area contributed by atoms with Crippen molar-refractivity contribution in [2.45, 2.75) is 18.8 Å². The third kappa shape index (κ3) is 4.05. The van der Waals surface area contributed by atoms with E-state index < -0.39 is 41.1 Å². The van der Waals surface area contributed by atoms with Crippen LogP contribution >= 0.6 is 0 Å². The molecule has 8 heteroatoms. The lowest BCUT2D eigenvalue weighted by Crippen LogP contribution is -2.23. The van der Waals surface area contributed by atoms with Gasteiger partial charge in [-0.3, -0.25) is 14.4 Å². The Labute approximate surface area is 158 Å². The molecular formula is C20H17F3N2O3. The summed E-state index contributed by atoms with van der Waals surface area (Å²) in [4.78, 5) is 35.7. The van der Waals surface area contributed by atoms with Crippen LogP contribution in [-0.2, 0) is 16.0 Å². The van der Waals surface area contributed by atoms with E-state index in [0.29, 0.717) is 5.56 Å². The number of nitrogens with one attached hydrogen (secondary N) is 1. The fraction of sp³-hybridized carbons (Fsp3) is 0.250. The average molecular weight is 390 g/mol. The fourth-order valence-corrected chi connectivity index (χ4v) is 3.43. The Hall–Kier alpha value is -3.16. The minimum Gasteiger partial charge on any atom is -0.366 e. The number of benzene rings is 2. The highest BCUT2D eigenvalue weighted by molar-refractivity contribution is 5.93. The topological polar surface area (TPSA) is 89.3 Å². The minimum atomic E-state index is -0.994. The molecule has 2 amide bonds. The molecule has 2 atom stereocenters. The van der Waals surface area contributed by atoms with Crippen LogP contribution in [0.5, 0.6) is 0 Å². The molecule has 0 radical (unpaired) electrons. The molecule has 1 heterocycles. The number of carbonyl (C=O) groups is 3. The lowest BCUT2D eigenvalue weighted by Gasteiger charge is -2.18.